The van der Waals surface area contributed by atoms with E-state index in [4.69, 9.17) is 4.74 Å². The Morgan fingerprint density at radius 2 is 1.87 bits per heavy atom. The Balaban J connectivity index is 1.33. The van der Waals surface area contributed by atoms with Crippen LogP contribution in [-0.2, 0) is 11.2 Å². The molecule has 0 bridgehead atoms. The largest absolute Gasteiger partial charge is 0.379 e. The summed E-state index contributed by atoms with van der Waals surface area (Å²) in [5.41, 5.74) is 4.46. The lowest BCUT2D eigenvalue weighted by Gasteiger charge is -2.35. The molecular formula is C24H29FN4O2. The van der Waals surface area contributed by atoms with Crippen LogP contribution in [0.5, 0.6) is 0 Å². The number of para-hydroxylation sites is 1. The summed E-state index contributed by atoms with van der Waals surface area (Å²) in [4.78, 5) is 18.1. The average molecular weight is 425 g/mol. The molecule has 1 atom stereocenters. The number of ether oxygens (including phenoxy) is 1. The van der Waals surface area contributed by atoms with Gasteiger partial charge in [0.25, 0.3) is 0 Å². The van der Waals surface area contributed by atoms with Crippen LogP contribution in [0.4, 0.5) is 9.18 Å². The predicted molar refractivity (Wildman–Crippen MR) is 120 cm³/mol. The lowest BCUT2D eigenvalue weighted by Crippen LogP contribution is -2.46. The number of halogens is 1. The molecule has 164 valence electrons. The van der Waals surface area contributed by atoms with Crippen molar-refractivity contribution in [1.82, 2.24) is 20.5 Å². The highest BCUT2D eigenvalue weighted by atomic mass is 19.1. The molecule has 0 spiro atoms. The summed E-state index contributed by atoms with van der Waals surface area (Å²) in [5, 5.41) is 7.16. The van der Waals surface area contributed by atoms with E-state index in [1.165, 1.54) is 23.1 Å². The quantitative estimate of drug-likeness (QED) is 0.544. The summed E-state index contributed by atoms with van der Waals surface area (Å²) in [5.74, 6) is -0.261. The number of aromatic amines is 1. The van der Waals surface area contributed by atoms with Gasteiger partial charge in [-0.1, -0.05) is 30.3 Å². The monoisotopic (exact) mass is 424 g/mol. The number of fused-ring (bicyclic) bond motifs is 1. The number of urea groups is 1. The first-order valence-corrected chi connectivity index (χ1v) is 10.8. The molecule has 1 fully saturated rings. The van der Waals surface area contributed by atoms with E-state index in [2.05, 4.69) is 39.6 Å². The van der Waals surface area contributed by atoms with Gasteiger partial charge in [-0.15, -0.1) is 0 Å². The highest BCUT2D eigenvalue weighted by Crippen LogP contribution is 2.23. The number of H-pyrrole nitrogens is 1. The number of carbonyl (C=O) groups excluding carboxylic acids is 1. The molecule has 4 rings (SSSR count). The fourth-order valence-corrected chi connectivity index (χ4v) is 4.24. The van der Waals surface area contributed by atoms with Crippen LogP contribution in [-0.4, -0.2) is 55.3 Å². The summed E-state index contributed by atoms with van der Waals surface area (Å²) >= 11 is 0. The van der Waals surface area contributed by atoms with Gasteiger partial charge in [0.1, 0.15) is 5.82 Å². The number of aromatic nitrogens is 1. The Morgan fingerprint density at radius 3 is 2.65 bits per heavy atom. The highest BCUT2D eigenvalue weighted by molar-refractivity contribution is 5.84. The van der Waals surface area contributed by atoms with E-state index in [1.807, 2.05) is 12.1 Å². The second-order valence-corrected chi connectivity index (χ2v) is 7.88. The van der Waals surface area contributed by atoms with Crippen LogP contribution in [0.3, 0.4) is 0 Å². The zero-order chi connectivity index (χ0) is 21.6. The SMILES string of the molecule is Cc1[nH]c2ccccc2c1CCNC(=O)NCC(c1ccc(F)cc1)N1CCOCC1. The number of nitrogens with one attached hydrogen (secondary N) is 3. The summed E-state index contributed by atoms with van der Waals surface area (Å²) < 4.78 is 18.8. The molecule has 2 heterocycles. The molecule has 3 N–H and O–H groups in total. The van der Waals surface area contributed by atoms with Crippen LogP contribution in [0.15, 0.2) is 48.5 Å². The number of hydrogen-bond acceptors (Lipinski definition) is 3. The third-order valence-corrected chi connectivity index (χ3v) is 5.88. The molecule has 6 nitrogen and oxygen atoms in total. The maximum atomic E-state index is 13.4. The van der Waals surface area contributed by atoms with Gasteiger partial charge >= 0.3 is 6.03 Å². The van der Waals surface area contributed by atoms with E-state index in [1.54, 1.807) is 12.1 Å². The van der Waals surface area contributed by atoms with Crippen LogP contribution < -0.4 is 10.6 Å². The van der Waals surface area contributed by atoms with Crippen LogP contribution >= 0.6 is 0 Å². The molecule has 31 heavy (non-hydrogen) atoms. The Hall–Kier alpha value is -2.90. The van der Waals surface area contributed by atoms with Gasteiger partial charge in [0.05, 0.1) is 19.3 Å². The topological polar surface area (TPSA) is 69.4 Å². The molecule has 0 aliphatic carbocycles. The third kappa shape index (κ3) is 5.24. The second-order valence-electron chi connectivity index (χ2n) is 7.88. The molecule has 0 radical (unpaired) electrons. The maximum Gasteiger partial charge on any atom is 0.314 e. The van der Waals surface area contributed by atoms with Gasteiger partial charge in [0.15, 0.2) is 0 Å². The fourth-order valence-electron chi connectivity index (χ4n) is 4.24. The first kappa shape index (κ1) is 21.3. The number of benzene rings is 2. The molecule has 2 aromatic carbocycles. The lowest BCUT2D eigenvalue weighted by atomic mass is 10.0. The minimum atomic E-state index is -0.261. The predicted octanol–water partition coefficient (Wildman–Crippen LogP) is 3.53. The van der Waals surface area contributed by atoms with Gasteiger partial charge in [-0.05, 0) is 42.7 Å². The number of aryl methyl sites for hydroxylation is 1. The van der Waals surface area contributed by atoms with Crippen molar-refractivity contribution in [2.45, 2.75) is 19.4 Å². The van der Waals surface area contributed by atoms with Crippen LogP contribution in [0, 0.1) is 12.7 Å². The second kappa shape index (κ2) is 9.94. The van der Waals surface area contributed by atoms with Gasteiger partial charge < -0.3 is 20.4 Å². The van der Waals surface area contributed by atoms with Crippen molar-refractivity contribution in [3.05, 3.63) is 71.2 Å². The Morgan fingerprint density at radius 1 is 1.13 bits per heavy atom. The van der Waals surface area contributed by atoms with E-state index >= 15 is 0 Å². The number of hydrogen-bond donors (Lipinski definition) is 3. The van der Waals surface area contributed by atoms with Gasteiger partial charge in [-0.2, -0.15) is 0 Å². The first-order valence-electron chi connectivity index (χ1n) is 10.8. The Bertz CT molecular complexity index is 1010. The maximum absolute atomic E-state index is 13.4. The summed E-state index contributed by atoms with van der Waals surface area (Å²) in [7, 11) is 0. The number of amides is 2. The molecule has 3 aromatic rings. The van der Waals surface area contributed by atoms with E-state index in [0.29, 0.717) is 26.3 Å². The summed E-state index contributed by atoms with van der Waals surface area (Å²) in [6.07, 6.45) is 0.758. The van der Waals surface area contributed by atoms with Crippen molar-refractivity contribution in [3.8, 4) is 0 Å². The number of rotatable bonds is 7. The average Bonchev–Trinajstić information content (AvgIpc) is 3.11. The van der Waals surface area contributed by atoms with Gasteiger partial charge in [0, 0.05) is 42.8 Å². The number of morpholine rings is 1. The van der Waals surface area contributed by atoms with Crippen molar-refractivity contribution < 1.29 is 13.9 Å². The molecular weight excluding hydrogens is 395 g/mol. The molecule has 2 amide bonds. The minimum Gasteiger partial charge on any atom is -0.379 e. The Labute approximate surface area is 181 Å². The molecule has 1 unspecified atom stereocenters. The standard InChI is InChI=1S/C24H29FN4O2/c1-17-20(21-4-2-3-5-22(21)28-17)10-11-26-24(30)27-16-23(29-12-14-31-15-13-29)18-6-8-19(25)9-7-18/h2-9,23,28H,10-16H2,1H3,(H2,26,27,30). The van der Waals surface area contributed by atoms with Gasteiger partial charge in [-0.25, -0.2) is 9.18 Å². The van der Waals surface area contributed by atoms with Crippen LogP contribution in [0.2, 0.25) is 0 Å². The van der Waals surface area contributed by atoms with Crippen molar-refractivity contribution in [1.29, 1.82) is 0 Å². The van der Waals surface area contributed by atoms with Gasteiger partial charge in [0.2, 0.25) is 0 Å². The molecule has 7 heteroatoms. The summed E-state index contributed by atoms with van der Waals surface area (Å²) in [6.45, 7) is 5.94. The molecule has 0 saturated carbocycles. The number of nitrogens with zero attached hydrogens (tertiary/aromatic N) is 1. The van der Waals surface area contributed by atoms with Gasteiger partial charge in [-0.3, -0.25) is 4.90 Å². The van der Waals surface area contributed by atoms with E-state index in [9.17, 15) is 9.18 Å². The van der Waals surface area contributed by atoms with E-state index < -0.39 is 0 Å². The lowest BCUT2D eigenvalue weighted by molar-refractivity contribution is 0.0167. The molecule has 1 aliphatic heterocycles. The highest BCUT2D eigenvalue weighted by Gasteiger charge is 2.23. The van der Waals surface area contributed by atoms with Crippen molar-refractivity contribution >= 4 is 16.9 Å². The van der Waals surface area contributed by atoms with E-state index in [0.717, 1.165) is 36.3 Å². The van der Waals surface area contributed by atoms with Crippen molar-refractivity contribution in [2.75, 3.05) is 39.4 Å². The van der Waals surface area contributed by atoms with Crippen LogP contribution in [0.1, 0.15) is 22.9 Å². The molecule has 1 aromatic heterocycles. The van der Waals surface area contributed by atoms with Crippen molar-refractivity contribution in [3.63, 3.8) is 0 Å². The normalized spacial score (nSPS) is 15.7. The zero-order valence-corrected chi connectivity index (χ0v) is 17.8. The Kier molecular flexibility index (Phi) is 6.84. The van der Waals surface area contributed by atoms with Crippen molar-refractivity contribution in [2.24, 2.45) is 0 Å². The fraction of sp³-hybridized carbons (Fsp3) is 0.375. The van der Waals surface area contributed by atoms with E-state index in [-0.39, 0.29) is 17.9 Å². The van der Waals surface area contributed by atoms with Crippen LogP contribution in [0.25, 0.3) is 10.9 Å². The number of carbonyl (C=O) groups is 1. The first-order chi connectivity index (χ1) is 15.1. The zero-order valence-electron chi connectivity index (χ0n) is 17.8. The molecule has 1 aliphatic rings. The third-order valence-electron chi connectivity index (χ3n) is 5.88. The molecule has 1 saturated heterocycles. The minimum absolute atomic E-state index is 0.0221. The summed E-state index contributed by atoms with van der Waals surface area (Å²) in [6, 6.07) is 14.5. The smallest absolute Gasteiger partial charge is 0.314 e.